The minimum Gasteiger partial charge on any atom is -0.511 e. The lowest BCUT2D eigenvalue weighted by molar-refractivity contribution is -0.114. The van der Waals surface area contributed by atoms with E-state index in [4.69, 9.17) is 5.73 Å². The summed E-state index contributed by atoms with van der Waals surface area (Å²) in [5.41, 5.74) is 8.56. The van der Waals surface area contributed by atoms with E-state index in [9.17, 15) is 24.9 Å². The lowest BCUT2D eigenvalue weighted by Gasteiger charge is -2.53. The molecule has 0 saturated heterocycles. The molecule has 5 rings (SSSR count). The van der Waals surface area contributed by atoms with Crippen LogP contribution in [0.4, 0.5) is 5.69 Å². The zero-order chi connectivity index (χ0) is 28.5. The Morgan fingerprint density at radius 2 is 1.92 bits per heavy atom. The van der Waals surface area contributed by atoms with E-state index in [1.807, 2.05) is 25.1 Å². The van der Waals surface area contributed by atoms with E-state index in [1.54, 1.807) is 43.5 Å². The second-order valence-electron chi connectivity index (χ2n) is 11.0. The van der Waals surface area contributed by atoms with E-state index in [0.29, 0.717) is 29.5 Å². The van der Waals surface area contributed by atoms with Crippen molar-refractivity contribution in [3.8, 4) is 16.9 Å². The second-order valence-corrected chi connectivity index (χ2v) is 11.9. The number of benzene rings is 1. The van der Waals surface area contributed by atoms with Gasteiger partial charge in [-0.05, 0) is 56.1 Å². The third kappa shape index (κ3) is 3.71. The fraction of sp³-hybridized carbons (Fsp3) is 0.345. The van der Waals surface area contributed by atoms with E-state index in [2.05, 4.69) is 20.8 Å². The molecule has 0 spiro atoms. The number of phenolic OH excluding ortho intramolecular Hbond substituents is 1. The predicted octanol–water partition coefficient (Wildman–Crippen LogP) is 3.12. The molecule has 5 N–H and O–H groups in total. The van der Waals surface area contributed by atoms with Gasteiger partial charge in [0, 0.05) is 54.8 Å². The number of anilines is 1. The topological polar surface area (TPSA) is 140 Å². The van der Waals surface area contributed by atoms with Crippen molar-refractivity contribution in [2.75, 3.05) is 33.1 Å². The highest BCUT2D eigenvalue weighted by Gasteiger charge is 2.59. The Kier molecular flexibility index (Phi) is 6.35. The van der Waals surface area contributed by atoms with Crippen LogP contribution in [0.3, 0.4) is 0 Å². The fourth-order valence-corrected chi connectivity index (χ4v) is 7.29. The van der Waals surface area contributed by atoms with Crippen LogP contribution in [0.5, 0.6) is 5.75 Å². The third-order valence-electron chi connectivity index (χ3n) is 8.46. The zero-order valence-corrected chi connectivity index (χ0v) is 23.5. The Balaban J connectivity index is 1.76. The highest BCUT2D eigenvalue weighted by atomic mass is 31.0. The van der Waals surface area contributed by atoms with Crippen molar-refractivity contribution in [2.24, 2.45) is 17.6 Å². The number of amides is 1. The van der Waals surface area contributed by atoms with Crippen LogP contribution in [0.25, 0.3) is 11.1 Å². The molecular weight excluding hydrogens is 515 g/mol. The van der Waals surface area contributed by atoms with Gasteiger partial charge < -0.3 is 26.0 Å². The van der Waals surface area contributed by atoms with Crippen molar-refractivity contribution < 1.29 is 24.9 Å². The Labute approximate surface area is 229 Å². The number of carbonyl (C=O) groups excluding carboxylic acids is 2. The monoisotopic (exact) mass is 548 g/mol. The van der Waals surface area contributed by atoms with Crippen molar-refractivity contribution in [1.82, 2.24) is 9.88 Å². The van der Waals surface area contributed by atoms with Crippen LogP contribution < -0.4 is 10.6 Å². The van der Waals surface area contributed by atoms with E-state index in [1.165, 1.54) is 0 Å². The van der Waals surface area contributed by atoms with Crippen molar-refractivity contribution >= 4 is 26.6 Å². The summed E-state index contributed by atoms with van der Waals surface area (Å²) in [4.78, 5) is 34.5. The molecule has 0 aliphatic heterocycles. The number of fused-ring (bicyclic) bond motifs is 3. The molecule has 1 unspecified atom stereocenters. The normalized spacial score (nSPS) is 26.4. The Morgan fingerprint density at radius 1 is 1.23 bits per heavy atom. The zero-order valence-electron chi connectivity index (χ0n) is 22.4. The van der Waals surface area contributed by atoms with Gasteiger partial charge in [-0.1, -0.05) is 12.6 Å². The lowest BCUT2D eigenvalue weighted by Crippen LogP contribution is -2.57. The molecule has 1 aromatic heterocycles. The van der Waals surface area contributed by atoms with Gasteiger partial charge in [-0.2, -0.15) is 0 Å². The summed E-state index contributed by atoms with van der Waals surface area (Å²) in [6.07, 6.45) is 4.07. The average molecular weight is 549 g/mol. The number of aromatic nitrogens is 1. The molecule has 5 atom stereocenters. The predicted molar refractivity (Wildman–Crippen MR) is 153 cm³/mol. The molecule has 3 aliphatic rings. The average Bonchev–Trinajstić information content (AvgIpc) is 2.86. The van der Waals surface area contributed by atoms with Gasteiger partial charge >= 0.3 is 0 Å². The SMILES string of the molecule is C=C1C(C(N)=O)=C(O)[C@@H](N(C)C)[C@@H]2C[C@@H]3Cc4c(N(C)C)cc(-c5cccnc5)c(O)c4C(=O)C3=C(O)[C@]12P. The number of hydrogen-bond acceptors (Lipinski definition) is 8. The number of aromatic hydroxyl groups is 1. The number of phenols is 1. The minimum absolute atomic E-state index is 0.143. The molecular formula is C29H33N4O5P. The Hall–Kier alpha value is -3.68. The first-order valence-electron chi connectivity index (χ1n) is 12.6. The number of pyridine rings is 1. The van der Waals surface area contributed by atoms with Crippen molar-refractivity contribution in [3.63, 3.8) is 0 Å². The number of aliphatic hydroxyl groups excluding tert-OH is 2. The van der Waals surface area contributed by atoms with E-state index in [0.717, 1.165) is 5.69 Å². The summed E-state index contributed by atoms with van der Waals surface area (Å²) in [5, 5.41) is 33.1. The molecule has 0 radical (unpaired) electrons. The standard InChI is InChI=1S/C29H33N4O5P/c1-13-20(28(30)38)26(36)23(33(4)5)18-10-15-9-17-19(32(2)3)11-16(14-7-6-8-31-12-14)24(34)22(17)25(35)21(15)27(37)29(13,18)39/h6-8,11-12,15,18,23,34,36-37H,1,9-10,39H2,2-5H3,(H2,30,38)/t15-,18-,23-,29-/m0/s1. The number of allylic oxidation sites excluding steroid dienone is 2. The van der Waals surface area contributed by atoms with Gasteiger partial charge in [-0.25, -0.2) is 0 Å². The quantitative estimate of drug-likeness (QED) is 0.428. The number of carbonyl (C=O) groups is 2. The maximum atomic E-state index is 14.2. The number of ketones is 1. The summed E-state index contributed by atoms with van der Waals surface area (Å²) in [6.45, 7) is 4.06. The van der Waals surface area contributed by atoms with Gasteiger partial charge in [0.1, 0.15) is 17.3 Å². The van der Waals surface area contributed by atoms with Gasteiger partial charge in [-0.3, -0.25) is 19.5 Å². The van der Waals surface area contributed by atoms with Crippen LogP contribution in [0.15, 0.2) is 65.4 Å². The molecule has 0 bridgehead atoms. The summed E-state index contributed by atoms with van der Waals surface area (Å²) in [6, 6.07) is 4.77. The van der Waals surface area contributed by atoms with Crippen molar-refractivity contribution in [2.45, 2.75) is 24.0 Å². The maximum Gasteiger partial charge on any atom is 0.252 e. The molecule has 2 aromatic rings. The van der Waals surface area contributed by atoms with Crippen LogP contribution in [0, 0.1) is 11.8 Å². The van der Waals surface area contributed by atoms with Crippen LogP contribution >= 0.6 is 9.24 Å². The van der Waals surface area contributed by atoms with Crippen molar-refractivity contribution in [1.29, 1.82) is 0 Å². The smallest absolute Gasteiger partial charge is 0.252 e. The van der Waals surface area contributed by atoms with Gasteiger partial charge in [0.2, 0.25) is 0 Å². The Morgan fingerprint density at radius 3 is 2.49 bits per heavy atom. The number of aliphatic hydroxyl groups is 2. The van der Waals surface area contributed by atoms with Gasteiger partial charge in [0.25, 0.3) is 5.91 Å². The number of nitrogens with two attached hydrogens (primary N) is 1. The molecule has 9 nitrogen and oxygen atoms in total. The molecule has 3 aliphatic carbocycles. The van der Waals surface area contributed by atoms with Crippen LogP contribution in [0.2, 0.25) is 0 Å². The van der Waals surface area contributed by atoms with E-state index >= 15 is 0 Å². The third-order valence-corrected chi connectivity index (χ3v) is 9.51. The highest BCUT2D eigenvalue weighted by molar-refractivity contribution is 7.20. The molecule has 39 heavy (non-hydrogen) atoms. The number of rotatable bonds is 4. The lowest BCUT2D eigenvalue weighted by atomic mass is 9.59. The largest absolute Gasteiger partial charge is 0.511 e. The number of nitrogens with zero attached hydrogens (tertiary/aromatic N) is 3. The molecule has 0 saturated carbocycles. The van der Waals surface area contributed by atoms with Gasteiger partial charge in [0.15, 0.2) is 5.78 Å². The fourth-order valence-electron chi connectivity index (χ4n) is 6.68. The number of primary amides is 1. The first kappa shape index (κ1) is 26.9. The van der Waals surface area contributed by atoms with Gasteiger partial charge in [0.05, 0.1) is 22.3 Å². The highest BCUT2D eigenvalue weighted by Crippen LogP contribution is 2.59. The van der Waals surface area contributed by atoms with Gasteiger partial charge in [-0.15, -0.1) is 9.24 Å². The summed E-state index contributed by atoms with van der Waals surface area (Å²) >= 11 is 0. The molecule has 204 valence electrons. The molecule has 1 heterocycles. The molecule has 1 aromatic carbocycles. The first-order chi connectivity index (χ1) is 18.3. The number of likely N-dealkylation sites (N-methyl/N-ethyl adjacent to an activating group) is 1. The maximum absolute atomic E-state index is 14.2. The molecule has 1 amide bonds. The van der Waals surface area contributed by atoms with E-state index in [-0.39, 0.29) is 45.5 Å². The van der Waals surface area contributed by atoms with Crippen LogP contribution in [0.1, 0.15) is 22.3 Å². The summed E-state index contributed by atoms with van der Waals surface area (Å²) in [5.74, 6) is -2.74. The summed E-state index contributed by atoms with van der Waals surface area (Å²) in [7, 11) is 9.91. The van der Waals surface area contributed by atoms with Crippen LogP contribution in [-0.4, -0.2) is 76.3 Å². The number of Topliss-reactive ketones (excluding diaryl/α,β-unsaturated/α-hetero) is 1. The first-order valence-corrected chi connectivity index (χ1v) is 13.2. The summed E-state index contributed by atoms with van der Waals surface area (Å²) < 4.78 is 0. The van der Waals surface area contributed by atoms with E-state index < -0.39 is 28.8 Å². The minimum atomic E-state index is -1.31. The van der Waals surface area contributed by atoms with Crippen molar-refractivity contribution in [3.05, 3.63) is 76.5 Å². The Bertz CT molecular complexity index is 1500. The second kappa shape index (κ2) is 9.21. The molecule has 10 heteroatoms. The molecule has 0 fully saturated rings. The number of hydrogen-bond donors (Lipinski definition) is 4. The van der Waals surface area contributed by atoms with Crippen LogP contribution in [-0.2, 0) is 11.2 Å².